The van der Waals surface area contributed by atoms with Crippen LogP contribution in [0.15, 0.2) is 9.15 Å². The van der Waals surface area contributed by atoms with Crippen LogP contribution in [0.5, 0.6) is 0 Å². The molecule has 0 bridgehead atoms. The molecule has 0 radical (unpaired) electrons. The second-order valence-electron chi connectivity index (χ2n) is 17.2. The number of unbranched alkanes of at least 4 members (excludes halogenated alkanes) is 16. The molecule has 1 heterocycles. The molecule has 0 amide bonds. The van der Waals surface area contributed by atoms with Crippen molar-refractivity contribution in [1.29, 1.82) is 0 Å². The average Bonchev–Trinajstić information content (AvgIpc) is 3.05. The van der Waals surface area contributed by atoms with E-state index in [0.29, 0.717) is 35.1 Å². The van der Waals surface area contributed by atoms with Crippen LogP contribution in [-0.4, -0.2) is 36.0 Å². The lowest BCUT2D eigenvalue weighted by molar-refractivity contribution is -0.350. The lowest BCUT2D eigenvalue weighted by Gasteiger charge is -2.27. The highest BCUT2D eigenvalue weighted by Crippen LogP contribution is 2.43. The quantitative estimate of drug-likeness (QED) is 0.0339. The molecule has 300 valence electrons. The second kappa shape index (κ2) is 24.4. The highest BCUT2D eigenvalue weighted by Gasteiger charge is 2.36. The van der Waals surface area contributed by atoms with E-state index in [9.17, 15) is 9.59 Å². The highest BCUT2D eigenvalue weighted by atomic mass is 17.2. The highest BCUT2D eigenvalue weighted by molar-refractivity contribution is 6.16. The summed E-state index contributed by atoms with van der Waals surface area (Å²) in [7, 11) is 0. The molecule has 2 rings (SSSR count). The van der Waals surface area contributed by atoms with Gasteiger partial charge in [0.15, 0.2) is 11.6 Å². The predicted molar refractivity (Wildman–Crippen MR) is 211 cm³/mol. The summed E-state index contributed by atoms with van der Waals surface area (Å²) in [5.74, 6) is -0.624. The largest absolute Gasteiger partial charge is 0.294 e. The lowest BCUT2D eigenvalue weighted by Crippen LogP contribution is -2.25. The van der Waals surface area contributed by atoms with Gasteiger partial charge in [0.1, 0.15) is 0 Å². The van der Waals surface area contributed by atoms with Crippen LogP contribution >= 0.6 is 0 Å². The molecular formula is C44H76O8. The maximum Gasteiger partial charge on any atom is 0.237 e. The van der Waals surface area contributed by atoms with E-state index < -0.39 is 11.2 Å². The number of hydrogen-bond donors (Lipinski definition) is 0. The fraction of sp³-hybridized carbons (Fsp3) is 0.818. The van der Waals surface area contributed by atoms with Crippen molar-refractivity contribution in [2.24, 2.45) is 0 Å². The Morgan fingerprint density at radius 1 is 0.500 bits per heavy atom. The number of rotatable bonds is 30. The molecule has 2 atom stereocenters. The van der Waals surface area contributed by atoms with Crippen LogP contribution in [0, 0.1) is 0 Å². The molecular weight excluding hydrogens is 656 g/mol. The third-order valence-corrected chi connectivity index (χ3v) is 9.51. The predicted octanol–water partition coefficient (Wildman–Crippen LogP) is 13.9. The molecule has 0 saturated carbocycles. The molecule has 0 fully saturated rings. The Kier molecular flexibility index (Phi) is 21.7. The molecule has 0 aliphatic rings. The van der Waals surface area contributed by atoms with Gasteiger partial charge in [-0.25, -0.2) is 19.6 Å². The van der Waals surface area contributed by atoms with Crippen LogP contribution in [-0.2, 0) is 19.6 Å². The van der Waals surface area contributed by atoms with E-state index in [1.165, 1.54) is 77.0 Å². The Hall–Kier alpha value is -2.00. The van der Waals surface area contributed by atoms with E-state index in [4.69, 9.17) is 28.7 Å². The van der Waals surface area contributed by atoms with E-state index >= 15 is 0 Å². The summed E-state index contributed by atoms with van der Waals surface area (Å²) in [6.45, 7) is 20.5. The number of benzene rings is 1. The summed E-state index contributed by atoms with van der Waals surface area (Å²) in [6, 6.07) is 0. The van der Waals surface area contributed by atoms with Gasteiger partial charge >= 0.3 is 0 Å². The number of ketones is 2. The molecule has 52 heavy (non-hydrogen) atoms. The summed E-state index contributed by atoms with van der Waals surface area (Å²) in [5.41, 5.74) is 2.25. The van der Waals surface area contributed by atoms with Crippen molar-refractivity contribution in [2.45, 2.75) is 221 Å². The molecule has 8 heteroatoms. The van der Waals surface area contributed by atoms with Crippen molar-refractivity contribution in [3.63, 3.8) is 0 Å². The summed E-state index contributed by atoms with van der Waals surface area (Å²) in [4.78, 5) is 51.5. The third kappa shape index (κ3) is 17.0. The van der Waals surface area contributed by atoms with Gasteiger partial charge in [0.05, 0.1) is 30.0 Å². The van der Waals surface area contributed by atoms with Crippen molar-refractivity contribution in [1.82, 2.24) is 0 Å². The lowest BCUT2D eigenvalue weighted by atomic mass is 9.79. The molecule has 1 aromatic carbocycles. The van der Waals surface area contributed by atoms with Crippen LogP contribution in [0.25, 0.3) is 11.2 Å². The topological polar surface area (TPSA) is 97.3 Å². The maximum absolute atomic E-state index is 14.5. The molecule has 0 aliphatic carbocycles. The van der Waals surface area contributed by atoms with Crippen LogP contribution in [0.3, 0.4) is 0 Å². The standard InChI is InChI=1S/C44H76O8/c1-11-13-15-17-19-21-23-25-27-29-35(45)39-37(33(3)31-47-51-43(5,6)7)38(34(4)32-48-52-44(8,9)10)41-42(50-49-41)40(39)36(46)30-28-26-24-22-20-18-16-14-12-2/h33-34H,11-32H2,1-10H3. The van der Waals surface area contributed by atoms with E-state index in [2.05, 4.69) is 13.8 Å². The van der Waals surface area contributed by atoms with Gasteiger partial charge in [-0.1, -0.05) is 130 Å². The van der Waals surface area contributed by atoms with Crippen LogP contribution < -0.4 is 0 Å². The molecule has 2 unspecified atom stereocenters. The van der Waals surface area contributed by atoms with Gasteiger partial charge in [-0.2, -0.15) is 0 Å². The smallest absolute Gasteiger partial charge is 0.237 e. The van der Waals surface area contributed by atoms with Gasteiger partial charge in [-0.3, -0.25) is 18.7 Å². The van der Waals surface area contributed by atoms with Gasteiger partial charge in [0.25, 0.3) is 0 Å². The zero-order valence-electron chi connectivity index (χ0n) is 35.0. The van der Waals surface area contributed by atoms with Gasteiger partial charge in [-0.05, 0) is 59.9 Å². The molecule has 1 aromatic heterocycles. The van der Waals surface area contributed by atoms with E-state index in [0.717, 1.165) is 49.7 Å². The Morgan fingerprint density at radius 2 is 0.846 bits per heavy atom. The maximum atomic E-state index is 14.5. The summed E-state index contributed by atoms with van der Waals surface area (Å²) < 4.78 is 11.3. The van der Waals surface area contributed by atoms with Gasteiger partial charge in [0.2, 0.25) is 11.2 Å². The fourth-order valence-electron chi connectivity index (χ4n) is 6.74. The number of fused-ring (bicyclic) bond motifs is 1. The van der Waals surface area contributed by atoms with Crippen molar-refractivity contribution in [3.8, 4) is 0 Å². The Bertz CT molecular complexity index is 1270. The zero-order valence-corrected chi connectivity index (χ0v) is 35.0. The van der Waals surface area contributed by atoms with Gasteiger partial charge in [0, 0.05) is 35.8 Å². The van der Waals surface area contributed by atoms with Crippen LogP contribution in [0.4, 0.5) is 0 Å². The Morgan fingerprint density at radius 3 is 1.21 bits per heavy atom. The minimum atomic E-state index is -0.503. The van der Waals surface area contributed by atoms with Crippen molar-refractivity contribution >= 4 is 22.7 Å². The average molecular weight is 733 g/mol. The van der Waals surface area contributed by atoms with E-state index in [1.807, 2.05) is 55.4 Å². The molecule has 8 nitrogen and oxygen atoms in total. The Balaban J connectivity index is 2.42. The first-order valence-corrected chi connectivity index (χ1v) is 21.0. The number of hydrogen-bond acceptors (Lipinski definition) is 8. The van der Waals surface area contributed by atoms with Crippen molar-refractivity contribution < 1.29 is 38.3 Å². The van der Waals surface area contributed by atoms with Gasteiger partial charge in [-0.15, -0.1) is 0 Å². The van der Waals surface area contributed by atoms with Crippen LogP contribution in [0.2, 0.25) is 0 Å². The van der Waals surface area contributed by atoms with E-state index in [1.54, 1.807) is 0 Å². The van der Waals surface area contributed by atoms with Crippen molar-refractivity contribution in [3.05, 3.63) is 22.3 Å². The SMILES string of the molecule is CCCCCCCCCCCC(=O)c1c(C(C)COOC(C)(C)C)c(C(C)COOC(C)(C)C)c2ooc2c1C(=O)CCCCCCCCCCC. The van der Waals surface area contributed by atoms with Crippen LogP contribution in [0.1, 0.15) is 241 Å². The number of Topliss-reactive ketones (excluding diaryl/α,β-unsaturated/α-hetero) is 2. The summed E-state index contributed by atoms with van der Waals surface area (Å²) >= 11 is 0. The second-order valence-corrected chi connectivity index (χ2v) is 17.2. The Labute approximate surface area is 316 Å². The molecule has 0 aliphatic heterocycles. The molecule has 2 aromatic rings. The normalized spacial score (nSPS) is 13.7. The number of carbonyl (C=O) groups is 2. The minimum absolute atomic E-state index is 0.0319. The monoisotopic (exact) mass is 733 g/mol. The van der Waals surface area contributed by atoms with E-state index in [-0.39, 0.29) is 36.6 Å². The first-order chi connectivity index (χ1) is 24.7. The molecule has 0 spiro atoms. The summed E-state index contributed by atoms with van der Waals surface area (Å²) in [5, 5.41) is 0. The van der Waals surface area contributed by atoms with Gasteiger partial charge < -0.3 is 0 Å². The first kappa shape index (κ1) is 46.2. The fourth-order valence-corrected chi connectivity index (χ4v) is 6.74. The third-order valence-electron chi connectivity index (χ3n) is 9.51. The molecule has 0 saturated heterocycles. The zero-order chi connectivity index (χ0) is 38.6. The molecule has 0 N–H and O–H groups in total. The summed E-state index contributed by atoms with van der Waals surface area (Å²) in [6.07, 6.45) is 21.6. The first-order valence-electron chi connectivity index (χ1n) is 21.0. The minimum Gasteiger partial charge on any atom is -0.294 e. The van der Waals surface area contributed by atoms with Crippen molar-refractivity contribution in [2.75, 3.05) is 13.2 Å². The number of carbonyl (C=O) groups excluding carboxylic acids is 2.